The lowest BCUT2D eigenvalue weighted by atomic mass is 9.87. The first-order valence-electron chi connectivity index (χ1n) is 7.64. The smallest absolute Gasteiger partial charge is 0.0294 e. The Morgan fingerprint density at radius 2 is 2.00 bits per heavy atom. The van der Waals surface area contributed by atoms with Gasteiger partial charge in [0, 0.05) is 12.1 Å². The summed E-state index contributed by atoms with van der Waals surface area (Å²) in [5.41, 5.74) is 2.76. The molecule has 1 heteroatoms. The van der Waals surface area contributed by atoms with Crippen LogP contribution in [-0.2, 0) is 0 Å². The maximum absolute atomic E-state index is 3.82. The predicted octanol–water partition coefficient (Wildman–Crippen LogP) is 4.25. The largest absolute Gasteiger partial charge is 0.307 e. The summed E-state index contributed by atoms with van der Waals surface area (Å²) < 4.78 is 0. The summed E-state index contributed by atoms with van der Waals surface area (Å²) in [6.45, 7) is 6.82. The van der Waals surface area contributed by atoms with E-state index in [0.717, 1.165) is 17.8 Å². The normalized spacial score (nSPS) is 31.6. The van der Waals surface area contributed by atoms with Gasteiger partial charge in [-0.25, -0.2) is 0 Å². The summed E-state index contributed by atoms with van der Waals surface area (Å²) in [4.78, 5) is 0. The van der Waals surface area contributed by atoms with Crippen LogP contribution in [0.2, 0.25) is 0 Å². The maximum atomic E-state index is 3.82. The third-order valence-corrected chi connectivity index (χ3v) is 5.03. The zero-order valence-electron chi connectivity index (χ0n) is 12.3. The molecule has 5 atom stereocenters. The molecule has 1 aromatic rings. The van der Waals surface area contributed by atoms with Crippen molar-refractivity contribution in [3.8, 4) is 0 Å². The molecule has 1 fully saturated rings. The number of allylic oxidation sites excluding steroid dienone is 2. The van der Waals surface area contributed by atoms with Gasteiger partial charge in [-0.2, -0.15) is 0 Å². The molecule has 19 heavy (non-hydrogen) atoms. The van der Waals surface area contributed by atoms with E-state index in [9.17, 15) is 0 Å². The van der Waals surface area contributed by atoms with Gasteiger partial charge in [0.15, 0.2) is 0 Å². The number of fused-ring (bicyclic) bond motifs is 2. The quantitative estimate of drug-likeness (QED) is 0.793. The molecule has 2 bridgehead atoms. The van der Waals surface area contributed by atoms with Gasteiger partial charge in [-0.1, -0.05) is 42.0 Å². The number of aryl methyl sites for hydroxylation is 1. The molecule has 0 spiro atoms. The van der Waals surface area contributed by atoms with Crippen molar-refractivity contribution in [2.24, 2.45) is 17.8 Å². The summed E-state index contributed by atoms with van der Waals surface area (Å²) in [7, 11) is 0. The van der Waals surface area contributed by atoms with Crippen molar-refractivity contribution >= 4 is 0 Å². The molecule has 1 saturated carbocycles. The molecule has 1 nitrogen and oxygen atoms in total. The van der Waals surface area contributed by atoms with Crippen LogP contribution in [0.25, 0.3) is 0 Å². The average Bonchev–Trinajstić information content (AvgIpc) is 3.00. The highest BCUT2D eigenvalue weighted by atomic mass is 14.9. The fourth-order valence-corrected chi connectivity index (χ4v) is 3.95. The molecule has 2 aliphatic carbocycles. The van der Waals surface area contributed by atoms with E-state index in [-0.39, 0.29) is 0 Å². The average molecular weight is 255 g/mol. The Bertz CT molecular complexity index is 476. The zero-order valence-corrected chi connectivity index (χ0v) is 12.3. The Labute approximate surface area is 117 Å². The van der Waals surface area contributed by atoms with E-state index in [0.29, 0.717) is 12.1 Å². The molecule has 0 amide bonds. The minimum Gasteiger partial charge on any atom is -0.307 e. The number of hydrogen-bond acceptors (Lipinski definition) is 1. The van der Waals surface area contributed by atoms with Crippen molar-refractivity contribution in [2.75, 3.05) is 0 Å². The molecule has 0 radical (unpaired) electrons. The topological polar surface area (TPSA) is 12.0 Å². The van der Waals surface area contributed by atoms with E-state index in [2.05, 4.69) is 62.5 Å². The van der Waals surface area contributed by atoms with Crippen molar-refractivity contribution in [1.29, 1.82) is 0 Å². The van der Waals surface area contributed by atoms with Gasteiger partial charge in [-0.3, -0.25) is 0 Å². The molecule has 3 rings (SSSR count). The van der Waals surface area contributed by atoms with Crippen LogP contribution in [0, 0.1) is 24.7 Å². The molecule has 0 saturated heterocycles. The molecule has 0 aromatic heterocycles. The van der Waals surface area contributed by atoms with Crippen LogP contribution in [-0.4, -0.2) is 6.04 Å². The first kappa shape index (κ1) is 12.9. The second-order valence-corrected chi connectivity index (χ2v) is 6.54. The molecule has 4 unspecified atom stereocenters. The molecular weight excluding hydrogens is 230 g/mol. The predicted molar refractivity (Wildman–Crippen MR) is 81.0 cm³/mol. The molecule has 0 heterocycles. The molecule has 1 N–H and O–H groups in total. The van der Waals surface area contributed by atoms with Crippen LogP contribution in [0.4, 0.5) is 0 Å². The highest BCUT2D eigenvalue weighted by Gasteiger charge is 2.38. The van der Waals surface area contributed by atoms with Gasteiger partial charge >= 0.3 is 0 Å². The summed E-state index contributed by atoms with van der Waals surface area (Å²) in [5.74, 6) is 2.54. The fraction of sp³-hybridized carbons (Fsp3) is 0.556. The van der Waals surface area contributed by atoms with E-state index in [1.807, 2.05) is 0 Å². The lowest BCUT2D eigenvalue weighted by Gasteiger charge is -2.29. The van der Waals surface area contributed by atoms with Gasteiger partial charge in [0.1, 0.15) is 0 Å². The highest BCUT2D eigenvalue weighted by molar-refractivity contribution is 5.24. The van der Waals surface area contributed by atoms with E-state index in [1.165, 1.54) is 24.0 Å². The Balaban J connectivity index is 1.63. The maximum Gasteiger partial charge on any atom is 0.0294 e. The van der Waals surface area contributed by atoms with Crippen LogP contribution in [0.15, 0.2) is 36.4 Å². The van der Waals surface area contributed by atoms with E-state index >= 15 is 0 Å². The van der Waals surface area contributed by atoms with E-state index in [4.69, 9.17) is 0 Å². The van der Waals surface area contributed by atoms with Crippen LogP contribution < -0.4 is 5.32 Å². The van der Waals surface area contributed by atoms with Gasteiger partial charge in [0.2, 0.25) is 0 Å². The van der Waals surface area contributed by atoms with Crippen molar-refractivity contribution < 1.29 is 0 Å². The minimum absolute atomic E-state index is 0.443. The van der Waals surface area contributed by atoms with Crippen molar-refractivity contribution in [3.63, 3.8) is 0 Å². The zero-order chi connectivity index (χ0) is 13.4. The third-order valence-electron chi connectivity index (χ3n) is 5.03. The fourth-order valence-electron chi connectivity index (χ4n) is 3.95. The van der Waals surface area contributed by atoms with Crippen LogP contribution in [0.3, 0.4) is 0 Å². The lowest BCUT2D eigenvalue weighted by molar-refractivity contribution is 0.307. The van der Waals surface area contributed by atoms with Crippen molar-refractivity contribution in [1.82, 2.24) is 5.32 Å². The molecule has 102 valence electrons. The Morgan fingerprint density at radius 3 is 2.63 bits per heavy atom. The molecule has 0 aliphatic heterocycles. The molecule has 2 aliphatic rings. The monoisotopic (exact) mass is 255 g/mol. The summed E-state index contributed by atoms with van der Waals surface area (Å²) in [6, 6.07) is 9.91. The van der Waals surface area contributed by atoms with E-state index in [1.54, 1.807) is 0 Å². The molecule has 1 aromatic carbocycles. The second kappa shape index (κ2) is 5.13. The molecular formula is C18H25N. The summed E-state index contributed by atoms with van der Waals surface area (Å²) in [5, 5.41) is 3.82. The highest BCUT2D eigenvalue weighted by Crippen LogP contribution is 2.45. The van der Waals surface area contributed by atoms with E-state index < -0.39 is 0 Å². The van der Waals surface area contributed by atoms with Crippen molar-refractivity contribution in [3.05, 3.63) is 47.5 Å². The lowest BCUT2D eigenvalue weighted by Crippen LogP contribution is -2.37. The van der Waals surface area contributed by atoms with Crippen LogP contribution >= 0.6 is 0 Å². The minimum atomic E-state index is 0.443. The Morgan fingerprint density at radius 1 is 1.16 bits per heavy atom. The van der Waals surface area contributed by atoms with Gasteiger partial charge in [-0.05, 0) is 56.9 Å². The van der Waals surface area contributed by atoms with Crippen LogP contribution in [0.1, 0.15) is 43.9 Å². The number of hydrogen-bond donors (Lipinski definition) is 1. The van der Waals surface area contributed by atoms with Crippen LogP contribution in [0.5, 0.6) is 0 Å². The second-order valence-electron chi connectivity index (χ2n) is 6.54. The van der Waals surface area contributed by atoms with Gasteiger partial charge < -0.3 is 5.32 Å². The van der Waals surface area contributed by atoms with Gasteiger partial charge in [-0.15, -0.1) is 0 Å². The Kier molecular flexibility index (Phi) is 3.49. The number of rotatable bonds is 4. The van der Waals surface area contributed by atoms with Crippen molar-refractivity contribution in [2.45, 2.75) is 45.7 Å². The summed E-state index contributed by atoms with van der Waals surface area (Å²) >= 11 is 0. The van der Waals surface area contributed by atoms with Gasteiger partial charge in [0.05, 0.1) is 0 Å². The first-order chi connectivity index (χ1) is 9.13. The van der Waals surface area contributed by atoms with Gasteiger partial charge in [0.25, 0.3) is 0 Å². The first-order valence-corrected chi connectivity index (χ1v) is 7.64. The SMILES string of the molecule is Cc1cccc([C@@H](C)NC(C)C2CC3C=CC2C3)c1. The third kappa shape index (κ3) is 2.62. The number of nitrogens with one attached hydrogen (secondary N) is 1. The Hall–Kier alpha value is -1.08. The standard InChI is InChI=1S/C18H25N/c1-12-5-4-6-16(9-12)13(2)19-14(3)18-11-15-7-8-17(18)10-15/h4-9,13-15,17-19H,10-11H2,1-3H3/t13-,14?,15?,17?,18?/m1/s1. The summed E-state index contributed by atoms with van der Waals surface area (Å²) in [6.07, 6.45) is 7.66. The number of benzene rings is 1.